The van der Waals surface area contributed by atoms with Crippen LogP contribution in [0.25, 0.3) is 44.6 Å². The van der Waals surface area contributed by atoms with E-state index in [-0.39, 0.29) is 143 Å². The summed E-state index contributed by atoms with van der Waals surface area (Å²) in [5.74, 6) is -0.896. The molecular formula is C81H103N7O18. The fraction of sp³-hybridized carbons (Fsp3) is 0.543. The number of esters is 2. The number of aryl methyl sites for hydroxylation is 4. The van der Waals surface area contributed by atoms with Gasteiger partial charge in [0.2, 0.25) is 11.8 Å². The van der Waals surface area contributed by atoms with Gasteiger partial charge in [-0.05, 0) is 135 Å². The molecule has 2 amide bonds. The maximum Gasteiger partial charge on any atom is 0.343 e. The molecule has 0 radical (unpaired) electrons. The van der Waals surface area contributed by atoms with Crippen LogP contribution >= 0.6 is 0 Å². The number of rotatable bonds is 32. The molecule has 4 aromatic heterocycles. The van der Waals surface area contributed by atoms with E-state index in [0.29, 0.717) is 99.8 Å². The second kappa shape index (κ2) is 34.9. The molecule has 25 nitrogen and oxygen atoms in total. The standard InChI is InChI=1S/C47H59N3O12.C32H36N4O6.2CH4/c1-6-14-57-16-18-59-20-22-61-23-21-60-19-17-58-15-13-32(51)25-35(29(3)4)44(53)48-30(5)41(52)24-31-11-12-39-42-33(31)9-8-10-34(42)36-27-50-40(43(36)49-39)26-38-37(45(50)54)28-62-46(55)47(38,56)7-2;1-5-32(41)22-12-24-28-20(13-36(24)30(39)21(22)14-42-31(32)40)19-8-6-7-18-17(9-10-23(35-28)26(18)19)11-25(37)16(4)34-29(38)27(33)15(2)3;;/h1,11-12,26,29-30,35,56H,7-10,13-25,27-28H2,2-5H3,(H,48,53);9-10,12,15-16,27,41H,5-8,11,13-14,33H2,1-4H3,(H,34,38);2*1H4/t30-,35?,47-;16-,27?,32-;;/m00../s1. The van der Waals surface area contributed by atoms with Gasteiger partial charge in [0.25, 0.3) is 11.1 Å². The molecule has 12 rings (SSSR count). The van der Waals surface area contributed by atoms with Crippen LogP contribution in [0.2, 0.25) is 0 Å². The summed E-state index contributed by atoms with van der Waals surface area (Å²) in [5.41, 5.74) is 14.7. The monoisotopic (exact) mass is 1460 g/mol. The predicted octanol–water partition coefficient (Wildman–Crippen LogP) is 6.96. The molecule has 6 aliphatic rings. The molecule has 0 saturated heterocycles. The fourth-order valence-corrected chi connectivity index (χ4v) is 15.1. The van der Waals surface area contributed by atoms with E-state index in [2.05, 4.69) is 16.6 Å². The summed E-state index contributed by atoms with van der Waals surface area (Å²) < 4.78 is 40.7. The molecule has 4 aliphatic heterocycles. The topological polar surface area (TPSA) is 344 Å². The molecule has 6 N–H and O–H groups in total. The number of hydrogen-bond acceptors (Lipinski definition) is 21. The Morgan fingerprint density at radius 1 is 0.575 bits per heavy atom. The number of fused-ring (bicyclic) bond motifs is 10. The first kappa shape index (κ1) is 81.4. The number of carbonyl (C=O) groups is 7. The lowest BCUT2D eigenvalue weighted by Crippen LogP contribution is -2.49. The SMILES string of the molecule is C.C.C#CCOCCOCCOCCOCCOCCC(=O)CC(C(=O)N[C@@H](C)C(=O)Cc1ccc2nc3c(c4c2c1CCC4)Cn1c-3cc2c(c1=O)COC(=O)[C@]2(O)CC)C(C)C.CC[C@@]1(O)C(=O)OCc2c1cc1n(c2=O)Cc2c-1nc1ccc(CC(=O)[C@H](C)NC(=O)C(N)C(C)C)c3c1c2CCC3. The Kier molecular flexibility index (Phi) is 26.8. The summed E-state index contributed by atoms with van der Waals surface area (Å²) in [6, 6.07) is 8.98. The molecule has 570 valence electrons. The molecule has 0 saturated carbocycles. The molecule has 25 heteroatoms. The number of terminal acetylenes is 1. The van der Waals surface area contributed by atoms with Crippen LogP contribution in [0.3, 0.4) is 0 Å². The van der Waals surface area contributed by atoms with Crippen LogP contribution in [0.4, 0.5) is 0 Å². The number of pyridine rings is 4. The predicted molar refractivity (Wildman–Crippen MR) is 398 cm³/mol. The number of benzene rings is 2. The molecule has 8 heterocycles. The first-order valence-corrected chi connectivity index (χ1v) is 36.4. The molecular weight excluding hydrogens is 1360 g/mol. The number of Topliss-reactive ketones (excluding diaryl/α,β-unsaturated/α-hetero) is 3. The molecule has 0 fully saturated rings. The molecule has 2 aromatic carbocycles. The van der Waals surface area contributed by atoms with Gasteiger partial charge >= 0.3 is 11.9 Å². The van der Waals surface area contributed by atoms with Gasteiger partial charge in [0.1, 0.15) is 25.6 Å². The van der Waals surface area contributed by atoms with E-state index < -0.39 is 47.2 Å². The summed E-state index contributed by atoms with van der Waals surface area (Å²) in [4.78, 5) is 128. The maximum absolute atomic E-state index is 13.8. The molecule has 6 atom stereocenters. The quantitative estimate of drug-likeness (QED) is 0.0161. The number of aromatic nitrogens is 4. The first-order chi connectivity index (χ1) is 49.8. The van der Waals surface area contributed by atoms with Gasteiger partial charge < -0.3 is 68.9 Å². The zero-order chi connectivity index (χ0) is 74.5. The largest absolute Gasteiger partial charge is 0.458 e. The molecule has 2 unspecified atom stereocenters. The van der Waals surface area contributed by atoms with Crippen molar-refractivity contribution in [3.05, 3.63) is 124 Å². The van der Waals surface area contributed by atoms with Gasteiger partial charge in [0, 0.05) is 64.6 Å². The van der Waals surface area contributed by atoms with Crippen molar-refractivity contribution in [2.45, 2.75) is 203 Å². The number of cyclic esters (lactones) is 2. The summed E-state index contributed by atoms with van der Waals surface area (Å²) in [6.07, 6.45) is 10.6. The van der Waals surface area contributed by atoms with Crippen LogP contribution in [0.15, 0.2) is 46.0 Å². The maximum atomic E-state index is 13.8. The third-order valence-corrected chi connectivity index (χ3v) is 21.3. The van der Waals surface area contributed by atoms with Crippen molar-refractivity contribution in [2.24, 2.45) is 23.5 Å². The Balaban J connectivity index is 0.000000257. The van der Waals surface area contributed by atoms with Gasteiger partial charge in [-0.3, -0.25) is 33.6 Å². The lowest BCUT2D eigenvalue weighted by Gasteiger charge is -2.31. The summed E-state index contributed by atoms with van der Waals surface area (Å²) in [7, 11) is 0. The zero-order valence-corrected chi connectivity index (χ0v) is 60.7. The van der Waals surface area contributed by atoms with E-state index in [0.717, 1.165) is 105 Å². The average Bonchev–Trinajstić information content (AvgIpc) is 1.54. The van der Waals surface area contributed by atoms with Crippen LogP contribution in [-0.2, 0) is 143 Å². The molecule has 0 bridgehead atoms. The van der Waals surface area contributed by atoms with Crippen molar-refractivity contribution < 1.29 is 76.9 Å². The first-order valence-electron chi connectivity index (χ1n) is 36.4. The number of ketones is 3. The average molecular weight is 1460 g/mol. The van der Waals surface area contributed by atoms with Crippen molar-refractivity contribution in [1.82, 2.24) is 29.7 Å². The highest BCUT2D eigenvalue weighted by Crippen LogP contribution is 2.46. The van der Waals surface area contributed by atoms with E-state index in [1.165, 1.54) is 0 Å². The number of aliphatic hydroxyl groups is 2. The Morgan fingerprint density at radius 3 is 1.39 bits per heavy atom. The van der Waals surface area contributed by atoms with Gasteiger partial charge in [-0.25, -0.2) is 19.6 Å². The minimum atomic E-state index is -1.91. The number of ether oxygens (including phenoxy) is 7. The highest BCUT2D eigenvalue weighted by atomic mass is 16.6. The third kappa shape index (κ3) is 16.4. The summed E-state index contributed by atoms with van der Waals surface area (Å²) in [5, 5.41) is 30.1. The minimum absolute atomic E-state index is 0. The van der Waals surface area contributed by atoms with Crippen molar-refractivity contribution in [3.63, 3.8) is 0 Å². The van der Waals surface area contributed by atoms with E-state index in [9.17, 15) is 53.4 Å². The van der Waals surface area contributed by atoms with E-state index in [1.54, 1.807) is 49.0 Å². The van der Waals surface area contributed by atoms with Crippen LogP contribution < -0.4 is 27.5 Å². The normalized spacial score (nSPS) is 18.0. The number of hydrogen-bond donors (Lipinski definition) is 5. The second-order valence-corrected chi connectivity index (χ2v) is 28.5. The minimum Gasteiger partial charge on any atom is -0.458 e. The van der Waals surface area contributed by atoms with Crippen LogP contribution in [0.1, 0.15) is 176 Å². The molecule has 6 aromatic rings. The van der Waals surface area contributed by atoms with Gasteiger partial charge in [-0.1, -0.05) is 74.4 Å². The van der Waals surface area contributed by atoms with Crippen molar-refractivity contribution in [3.8, 4) is 35.1 Å². The highest BCUT2D eigenvalue weighted by Gasteiger charge is 2.48. The van der Waals surface area contributed by atoms with E-state index in [1.807, 2.05) is 52.0 Å². The Labute approximate surface area is 618 Å². The number of nitrogens with zero attached hydrogens (tertiary/aromatic N) is 4. The lowest BCUT2D eigenvalue weighted by molar-refractivity contribution is -0.172. The third-order valence-electron chi connectivity index (χ3n) is 21.3. The van der Waals surface area contributed by atoms with Crippen molar-refractivity contribution in [2.75, 3.05) is 66.1 Å². The number of nitrogens with one attached hydrogen (secondary N) is 2. The highest BCUT2D eigenvalue weighted by molar-refractivity contribution is 5.98. The summed E-state index contributed by atoms with van der Waals surface area (Å²) >= 11 is 0. The fourth-order valence-electron chi connectivity index (χ4n) is 15.1. The Bertz CT molecular complexity index is 4550. The molecule has 0 spiro atoms. The van der Waals surface area contributed by atoms with E-state index in [4.69, 9.17) is 55.3 Å². The Hall–Kier alpha value is -8.71. The molecule has 106 heavy (non-hydrogen) atoms. The van der Waals surface area contributed by atoms with Gasteiger partial charge in [0.15, 0.2) is 22.8 Å². The smallest absolute Gasteiger partial charge is 0.343 e. The van der Waals surface area contributed by atoms with Crippen LogP contribution in [-0.4, -0.2) is 155 Å². The van der Waals surface area contributed by atoms with Gasteiger partial charge in [-0.15, -0.1) is 6.42 Å². The van der Waals surface area contributed by atoms with Crippen molar-refractivity contribution >= 4 is 62.9 Å². The van der Waals surface area contributed by atoms with Gasteiger partial charge in [-0.2, -0.15) is 0 Å². The number of carbonyl (C=O) groups excluding carboxylic acids is 7. The number of amides is 2. The lowest BCUT2D eigenvalue weighted by atomic mass is 9.83. The molecule has 2 aliphatic carbocycles. The summed E-state index contributed by atoms with van der Waals surface area (Å²) in [6.45, 7) is 18.3. The van der Waals surface area contributed by atoms with Gasteiger partial charge in [0.05, 0.1) is 136 Å². The van der Waals surface area contributed by atoms with E-state index >= 15 is 0 Å². The second-order valence-electron chi connectivity index (χ2n) is 28.5. The van der Waals surface area contributed by atoms with Crippen LogP contribution in [0, 0.1) is 30.1 Å². The Morgan fingerprint density at radius 2 is 0.981 bits per heavy atom. The van der Waals surface area contributed by atoms with Crippen LogP contribution in [0.5, 0.6) is 0 Å². The van der Waals surface area contributed by atoms with Crippen molar-refractivity contribution in [1.29, 1.82) is 0 Å². The number of nitrogens with two attached hydrogens (primary N) is 1. The zero-order valence-electron chi connectivity index (χ0n) is 60.7.